The van der Waals surface area contributed by atoms with Gasteiger partial charge < -0.3 is 16.0 Å². The number of aryl methyl sites for hydroxylation is 1. The van der Waals surface area contributed by atoms with Crippen molar-refractivity contribution in [3.05, 3.63) is 35.4 Å². The number of hydrogen-bond acceptors (Lipinski definition) is 5. The molecule has 29 heavy (non-hydrogen) atoms. The van der Waals surface area contributed by atoms with Gasteiger partial charge in [-0.15, -0.1) is 0 Å². The molecule has 1 aliphatic heterocycles. The van der Waals surface area contributed by atoms with E-state index in [2.05, 4.69) is 34.5 Å². The van der Waals surface area contributed by atoms with Crippen molar-refractivity contribution < 1.29 is 0 Å². The number of aromatic nitrogens is 2. The summed E-state index contributed by atoms with van der Waals surface area (Å²) in [6, 6.07) is 8.65. The zero-order chi connectivity index (χ0) is 19.7. The number of fused-ring (bicyclic) bond motifs is 3. The van der Waals surface area contributed by atoms with Gasteiger partial charge in [-0.1, -0.05) is 43.5 Å². The highest BCUT2D eigenvalue weighted by Crippen LogP contribution is 2.38. The maximum absolute atomic E-state index is 6.23. The molecule has 2 aromatic rings. The predicted octanol–water partition coefficient (Wildman–Crippen LogP) is 4.43. The van der Waals surface area contributed by atoms with Gasteiger partial charge >= 0.3 is 0 Å². The summed E-state index contributed by atoms with van der Waals surface area (Å²) in [5.41, 5.74) is 11.3. The van der Waals surface area contributed by atoms with Gasteiger partial charge in [-0.05, 0) is 63.6 Å². The lowest BCUT2D eigenvalue weighted by molar-refractivity contribution is 0.214. The highest BCUT2D eigenvalue weighted by Gasteiger charge is 2.36. The lowest BCUT2D eigenvalue weighted by atomic mass is 9.81. The molecular weight excluding hydrogens is 358 g/mol. The summed E-state index contributed by atoms with van der Waals surface area (Å²) < 4.78 is 0. The molecule has 5 nitrogen and oxygen atoms in total. The van der Waals surface area contributed by atoms with Crippen molar-refractivity contribution in [1.29, 1.82) is 0 Å². The van der Waals surface area contributed by atoms with Gasteiger partial charge in [0.2, 0.25) is 5.95 Å². The summed E-state index contributed by atoms with van der Waals surface area (Å²) in [6.07, 6.45) is 12.3. The van der Waals surface area contributed by atoms with Crippen LogP contribution in [0.5, 0.6) is 0 Å². The highest BCUT2D eigenvalue weighted by atomic mass is 15.2. The van der Waals surface area contributed by atoms with Gasteiger partial charge in [0.1, 0.15) is 5.82 Å². The fourth-order valence-corrected chi connectivity index (χ4v) is 5.66. The number of nitrogens with one attached hydrogen (secondary N) is 1. The molecule has 1 saturated heterocycles. The fourth-order valence-electron chi connectivity index (χ4n) is 5.66. The number of hydrogen-bond donors (Lipinski definition) is 2. The zero-order valence-electron chi connectivity index (χ0n) is 17.4. The van der Waals surface area contributed by atoms with E-state index in [1.165, 1.54) is 74.7 Å². The van der Waals surface area contributed by atoms with Crippen LogP contribution in [0.3, 0.4) is 0 Å². The molecule has 0 amide bonds. The van der Waals surface area contributed by atoms with Crippen LogP contribution in [0.1, 0.15) is 62.5 Å². The second-order valence-corrected chi connectivity index (χ2v) is 9.22. The van der Waals surface area contributed by atoms with Crippen molar-refractivity contribution >= 4 is 11.8 Å². The summed E-state index contributed by atoms with van der Waals surface area (Å²) >= 11 is 0. The maximum atomic E-state index is 6.23. The van der Waals surface area contributed by atoms with Crippen LogP contribution >= 0.6 is 0 Å². The van der Waals surface area contributed by atoms with Crippen LogP contribution in [-0.4, -0.2) is 40.0 Å². The maximum Gasteiger partial charge on any atom is 0.222 e. The van der Waals surface area contributed by atoms with Crippen LogP contribution in [0.25, 0.3) is 11.3 Å². The molecule has 0 atom stereocenters. The van der Waals surface area contributed by atoms with Crippen molar-refractivity contribution in [3.63, 3.8) is 0 Å². The third-order valence-corrected chi connectivity index (χ3v) is 7.09. The van der Waals surface area contributed by atoms with E-state index < -0.39 is 0 Å². The Kier molecular flexibility index (Phi) is 5.17. The lowest BCUT2D eigenvalue weighted by Gasteiger charge is -2.41. The Morgan fingerprint density at radius 1 is 0.931 bits per heavy atom. The number of nitrogen functional groups attached to an aromatic ring is 1. The normalized spacial score (nSPS) is 21.2. The predicted molar refractivity (Wildman–Crippen MR) is 119 cm³/mol. The van der Waals surface area contributed by atoms with E-state index in [0.717, 1.165) is 37.3 Å². The third kappa shape index (κ3) is 3.85. The molecule has 0 spiro atoms. The minimum absolute atomic E-state index is 0.114. The largest absolute Gasteiger partial charge is 0.368 e. The van der Waals surface area contributed by atoms with Crippen molar-refractivity contribution in [2.45, 2.75) is 69.7 Å². The monoisotopic (exact) mass is 391 g/mol. The first-order chi connectivity index (χ1) is 14.2. The van der Waals surface area contributed by atoms with Gasteiger partial charge in [-0.3, -0.25) is 0 Å². The standard InChI is InChI=1S/C24H33N5/c25-23-26-21-19-11-3-2-9-18(19)10-8-12-20(21)22(27-23)28-24(13-4-1-5-14-24)17-29-15-6-7-16-29/h2-3,9,11H,1,4-8,10,12-17H2,(H3,25,26,27,28). The van der Waals surface area contributed by atoms with Crippen LogP contribution < -0.4 is 11.1 Å². The average Bonchev–Trinajstić information content (AvgIpc) is 3.15. The zero-order valence-corrected chi connectivity index (χ0v) is 17.4. The summed E-state index contributed by atoms with van der Waals surface area (Å²) in [4.78, 5) is 12.1. The van der Waals surface area contributed by atoms with E-state index in [4.69, 9.17) is 15.7 Å². The van der Waals surface area contributed by atoms with Crippen molar-refractivity contribution in [2.24, 2.45) is 0 Å². The number of anilines is 2. The molecule has 2 aliphatic carbocycles. The Labute approximate surface area is 174 Å². The van der Waals surface area contributed by atoms with Crippen molar-refractivity contribution in [3.8, 4) is 11.3 Å². The number of rotatable bonds is 4. The molecule has 2 heterocycles. The number of likely N-dealkylation sites (tertiary alicyclic amines) is 1. The summed E-state index contributed by atoms with van der Waals surface area (Å²) in [6.45, 7) is 3.60. The minimum Gasteiger partial charge on any atom is -0.368 e. The molecular formula is C24H33N5. The second-order valence-electron chi connectivity index (χ2n) is 9.22. The van der Waals surface area contributed by atoms with Crippen LogP contribution in [0.4, 0.5) is 11.8 Å². The number of nitrogens with two attached hydrogens (primary N) is 1. The fraction of sp³-hybridized carbons (Fsp3) is 0.583. The van der Waals surface area contributed by atoms with Crippen LogP contribution in [0, 0.1) is 0 Å². The molecule has 2 fully saturated rings. The second kappa shape index (κ2) is 7.94. The quantitative estimate of drug-likeness (QED) is 0.807. The molecule has 1 aromatic carbocycles. The first-order valence-corrected chi connectivity index (χ1v) is 11.5. The van der Waals surface area contributed by atoms with Gasteiger partial charge in [0, 0.05) is 17.7 Å². The van der Waals surface area contributed by atoms with Gasteiger partial charge in [-0.2, -0.15) is 4.98 Å². The van der Waals surface area contributed by atoms with E-state index in [1.54, 1.807) is 0 Å². The Morgan fingerprint density at radius 2 is 1.72 bits per heavy atom. The van der Waals surface area contributed by atoms with Crippen molar-refractivity contribution in [1.82, 2.24) is 14.9 Å². The SMILES string of the molecule is Nc1nc(NC2(CN3CCCC3)CCCCC2)c2c(n1)-c1ccccc1CCC2. The Morgan fingerprint density at radius 3 is 2.55 bits per heavy atom. The molecule has 3 N–H and O–H groups in total. The van der Waals surface area contributed by atoms with Gasteiger partial charge in [-0.25, -0.2) is 4.98 Å². The first-order valence-electron chi connectivity index (χ1n) is 11.5. The third-order valence-electron chi connectivity index (χ3n) is 7.09. The Balaban J connectivity index is 1.53. The molecule has 1 aromatic heterocycles. The van der Waals surface area contributed by atoms with Crippen molar-refractivity contribution in [2.75, 3.05) is 30.7 Å². The van der Waals surface area contributed by atoms with Crippen LogP contribution in [0.15, 0.2) is 24.3 Å². The van der Waals surface area contributed by atoms with Gasteiger partial charge in [0.05, 0.1) is 11.2 Å². The van der Waals surface area contributed by atoms with E-state index in [-0.39, 0.29) is 5.54 Å². The average molecular weight is 392 g/mol. The van der Waals surface area contributed by atoms with E-state index >= 15 is 0 Å². The molecule has 5 rings (SSSR count). The molecule has 5 heteroatoms. The number of benzene rings is 1. The van der Waals surface area contributed by atoms with E-state index in [0.29, 0.717) is 5.95 Å². The van der Waals surface area contributed by atoms with E-state index in [1.807, 2.05) is 0 Å². The Bertz CT molecular complexity index is 866. The molecule has 0 radical (unpaired) electrons. The number of nitrogens with zero attached hydrogens (tertiary/aromatic N) is 3. The Hall–Kier alpha value is -2.14. The molecule has 0 unspecified atom stereocenters. The van der Waals surface area contributed by atoms with E-state index in [9.17, 15) is 0 Å². The first kappa shape index (κ1) is 18.9. The van der Waals surface area contributed by atoms with Crippen LogP contribution in [-0.2, 0) is 12.8 Å². The van der Waals surface area contributed by atoms with Gasteiger partial charge in [0.25, 0.3) is 0 Å². The summed E-state index contributed by atoms with van der Waals surface area (Å²) in [7, 11) is 0. The molecule has 154 valence electrons. The smallest absolute Gasteiger partial charge is 0.222 e. The molecule has 3 aliphatic rings. The minimum atomic E-state index is 0.114. The molecule has 1 saturated carbocycles. The lowest BCUT2D eigenvalue weighted by Crippen LogP contribution is -2.50. The molecule has 0 bridgehead atoms. The summed E-state index contributed by atoms with van der Waals surface area (Å²) in [5.74, 6) is 1.38. The van der Waals surface area contributed by atoms with Gasteiger partial charge in [0.15, 0.2) is 0 Å². The van der Waals surface area contributed by atoms with Crippen LogP contribution in [0.2, 0.25) is 0 Å². The summed E-state index contributed by atoms with van der Waals surface area (Å²) in [5, 5.41) is 3.98. The topological polar surface area (TPSA) is 67.1 Å². The highest BCUT2D eigenvalue weighted by molar-refractivity contribution is 5.73.